The second kappa shape index (κ2) is 7.47. The van der Waals surface area contributed by atoms with Crippen molar-refractivity contribution in [1.82, 2.24) is 25.1 Å². The van der Waals surface area contributed by atoms with Crippen LogP contribution in [0.3, 0.4) is 0 Å². The van der Waals surface area contributed by atoms with Gasteiger partial charge in [-0.3, -0.25) is 4.79 Å². The number of aromatic nitrogens is 4. The smallest absolute Gasteiger partial charge is 0.209 e. The van der Waals surface area contributed by atoms with Crippen LogP contribution in [0.25, 0.3) is 0 Å². The minimum Gasteiger partial charge on any atom is -0.342 e. The van der Waals surface area contributed by atoms with Gasteiger partial charge in [-0.1, -0.05) is 31.0 Å². The first-order valence-corrected chi connectivity index (χ1v) is 7.86. The Morgan fingerprint density at radius 3 is 2.84 bits per heavy atom. The fourth-order valence-corrected chi connectivity index (χ4v) is 3.26. The summed E-state index contributed by atoms with van der Waals surface area (Å²) < 4.78 is 1.67. The molecule has 6 nitrogen and oxygen atoms in total. The minimum absolute atomic E-state index is 0.466. The van der Waals surface area contributed by atoms with E-state index in [1.807, 2.05) is 11.9 Å². The Hall–Kier alpha value is -1.11. The molecule has 1 aliphatic carbocycles. The zero-order chi connectivity index (χ0) is 13.5. The van der Waals surface area contributed by atoms with Crippen molar-refractivity contribution >= 4 is 18.2 Å². The van der Waals surface area contributed by atoms with Crippen LogP contribution in [0.15, 0.2) is 5.16 Å². The van der Waals surface area contributed by atoms with Crippen molar-refractivity contribution < 1.29 is 4.79 Å². The average Bonchev–Trinajstić information content (AvgIpc) is 2.85. The lowest BCUT2D eigenvalue weighted by Gasteiger charge is -2.31. The highest BCUT2D eigenvalue weighted by atomic mass is 32.2. The second-order valence-corrected chi connectivity index (χ2v) is 5.98. The molecule has 0 bridgehead atoms. The van der Waals surface area contributed by atoms with Gasteiger partial charge in [0, 0.05) is 25.4 Å². The van der Waals surface area contributed by atoms with Crippen LogP contribution in [0, 0.1) is 0 Å². The first-order valence-electron chi connectivity index (χ1n) is 6.87. The minimum atomic E-state index is 0.466. The fraction of sp³-hybridized carbons (Fsp3) is 0.833. The highest BCUT2D eigenvalue weighted by Crippen LogP contribution is 2.22. The lowest BCUT2D eigenvalue weighted by Crippen LogP contribution is -2.36. The normalized spacial score (nSPS) is 16.5. The number of aryl methyl sites for hydroxylation is 1. The summed E-state index contributed by atoms with van der Waals surface area (Å²) in [7, 11) is 1.84. The molecule has 106 valence electrons. The number of carbonyl (C=O) groups excluding carboxylic acids is 1. The summed E-state index contributed by atoms with van der Waals surface area (Å²) in [4.78, 5) is 13.1. The third kappa shape index (κ3) is 4.19. The molecule has 19 heavy (non-hydrogen) atoms. The van der Waals surface area contributed by atoms with E-state index in [1.165, 1.54) is 32.1 Å². The number of rotatable bonds is 7. The maximum Gasteiger partial charge on any atom is 0.209 e. The molecule has 2 rings (SSSR count). The Labute approximate surface area is 117 Å². The average molecular weight is 283 g/mol. The standard InChI is InChI=1S/C12H21N5OS/c1-16-12(13-14-15-16)19-9-5-8-17(10-18)11-6-3-2-4-7-11/h10-11H,2-9H2,1H3. The Kier molecular flexibility index (Phi) is 5.62. The first-order chi connectivity index (χ1) is 9.31. The number of amides is 1. The fourth-order valence-electron chi connectivity index (χ4n) is 2.49. The summed E-state index contributed by atoms with van der Waals surface area (Å²) in [5, 5.41) is 12.1. The molecule has 1 amide bonds. The van der Waals surface area contributed by atoms with Gasteiger partial charge < -0.3 is 4.90 Å². The highest BCUT2D eigenvalue weighted by molar-refractivity contribution is 7.99. The van der Waals surface area contributed by atoms with Crippen LogP contribution >= 0.6 is 11.8 Å². The zero-order valence-corrected chi connectivity index (χ0v) is 12.2. The van der Waals surface area contributed by atoms with Gasteiger partial charge in [0.05, 0.1) is 0 Å². The summed E-state index contributed by atoms with van der Waals surface area (Å²) in [6, 6.07) is 0.466. The van der Waals surface area contributed by atoms with E-state index in [0.717, 1.165) is 30.3 Å². The summed E-state index contributed by atoms with van der Waals surface area (Å²) >= 11 is 1.64. The molecule has 0 aromatic carbocycles. The quantitative estimate of drug-likeness (QED) is 0.431. The second-order valence-electron chi connectivity index (χ2n) is 4.92. The van der Waals surface area contributed by atoms with Gasteiger partial charge in [0.2, 0.25) is 11.6 Å². The Bertz CT molecular complexity index is 391. The highest BCUT2D eigenvalue weighted by Gasteiger charge is 2.19. The number of hydrogen-bond donors (Lipinski definition) is 0. The van der Waals surface area contributed by atoms with Crippen LogP contribution in [0.2, 0.25) is 0 Å². The van der Waals surface area contributed by atoms with Crippen LogP contribution in [0.4, 0.5) is 0 Å². The molecule has 1 saturated carbocycles. The number of carbonyl (C=O) groups is 1. The maximum atomic E-state index is 11.2. The molecule has 0 radical (unpaired) electrons. The van der Waals surface area contributed by atoms with E-state index >= 15 is 0 Å². The summed E-state index contributed by atoms with van der Waals surface area (Å²) in [6.45, 7) is 0.840. The number of tetrazole rings is 1. The van der Waals surface area contributed by atoms with E-state index in [0.29, 0.717) is 6.04 Å². The van der Waals surface area contributed by atoms with Gasteiger partial charge in [0.1, 0.15) is 0 Å². The van der Waals surface area contributed by atoms with Crippen LogP contribution in [0.1, 0.15) is 38.5 Å². The van der Waals surface area contributed by atoms with Gasteiger partial charge in [-0.2, -0.15) is 0 Å². The molecular formula is C12H21N5OS. The van der Waals surface area contributed by atoms with Gasteiger partial charge >= 0.3 is 0 Å². The Morgan fingerprint density at radius 2 is 2.21 bits per heavy atom. The van der Waals surface area contributed by atoms with Gasteiger partial charge in [-0.15, -0.1) is 5.10 Å². The number of hydrogen-bond acceptors (Lipinski definition) is 5. The van der Waals surface area contributed by atoms with Crippen molar-refractivity contribution in [3.8, 4) is 0 Å². The van der Waals surface area contributed by atoms with E-state index in [2.05, 4.69) is 15.5 Å². The lowest BCUT2D eigenvalue weighted by molar-refractivity contribution is -0.120. The van der Waals surface area contributed by atoms with Crippen molar-refractivity contribution in [3.63, 3.8) is 0 Å². The SMILES string of the molecule is Cn1nnnc1SCCCN(C=O)C1CCCCC1. The number of thioether (sulfide) groups is 1. The molecule has 7 heteroatoms. The number of nitrogens with zero attached hydrogens (tertiary/aromatic N) is 5. The summed E-state index contributed by atoms with van der Waals surface area (Å²) in [5.41, 5.74) is 0. The van der Waals surface area contributed by atoms with Gasteiger partial charge in [0.15, 0.2) is 0 Å². The Balaban J connectivity index is 1.68. The molecule has 1 aromatic rings. The molecule has 1 heterocycles. The molecule has 0 unspecified atom stereocenters. The maximum absolute atomic E-state index is 11.2. The van der Waals surface area contributed by atoms with E-state index in [1.54, 1.807) is 16.4 Å². The molecule has 1 aliphatic rings. The van der Waals surface area contributed by atoms with Gasteiger partial charge in [0.25, 0.3) is 0 Å². The predicted molar refractivity (Wildman–Crippen MR) is 73.8 cm³/mol. The van der Waals surface area contributed by atoms with E-state index in [9.17, 15) is 4.79 Å². The molecule has 0 spiro atoms. The third-order valence-electron chi connectivity index (χ3n) is 3.55. The largest absolute Gasteiger partial charge is 0.342 e. The molecule has 0 saturated heterocycles. The van der Waals surface area contributed by atoms with Crippen molar-refractivity contribution in [2.45, 2.75) is 49.7 Å². The molecular weight excluding hydrogens is 262 g/mol. The molecule has 0 N–H and O–H groups in total. The summed E-state index contributed by atoms with van der Waals surface area (Å²) in [5.74, 6) is 0.936. The van der Waals surface area contributed by atoms with Gasteiger partial charge in [-0.25, -0.2) is 4.68 Å². The van der Waals surface area contributed by atoms with Gasteiger partial charge in [-0.05, 0) is 29.7 Å². The van der Waals surface area contributed by atoms with Crippen molar-refractivity contribution in [2.75, 3.05) is 12.3 Å². The lowest BCUT2D eigenvalue weighted by atomic mass is 9.94. The van der Waals surface area contributed by atoms with E-state index in [-0.39, 0.29) is 0 Å². The van der Waals surface area contributed by atoms with Crippen LogP contribution in [0.5, 0.6) is 0 Å². The molecule has 0 aliphatic heterocycles. The van der Waals surface area contributed by atoms with Crippen LogP contribution in [-0.4, -0.2) is 49.9 Å². The Morgan fingerprint density at radius 1 is 1.42 bits per heavy atom. The molecule has 1 aromatic heterocycles. The summed E-state index contributed by atoms with van der Waals surface area (Å²) in [6.07, 6.45) is 8.16. The van der Waals surface area contributed by atoms with E-state index in [4.69, 9.17) is 0 Å². The molecule has 1 fully saturated rings. The zero-order valence-electron chi connectivity index (χ0n) is 11.4. The topological polar surface area (TPSA) is 63.9 Å². The van der Waals surface area contributed by atoms with E-state index < -0.39 is 0 Å². The van der Waals surface area contributed by atoms with Crippen LogP contribution in [-0.2, 0) is 11.8 Å². The van der Waals surface area contributed by atoms with Crippen LogP contribution < -0.4 is 0 Å². The van der Waals surface area contributed by atoms with Crippen molar-refractivity contribution in [2.24, 2.45) is 7.05 Å². The monoisotopic (exact) mass is 283 g/mol. The third-order valence-corrected chi connectivity index (χ3v) is 4.65. The predicted octanol–water partition coefficient (Wildman–Crippen LogP) is 1.48. The van der Waals surface area contributed by atoms with Crippen molar-refractivity contribution in [1.29, 1.82) is 0 Å². The van der Waals surface area contributed by atoms with Crippen molar-refractivity contribution in [3.05, 3.63) is 0 Å². The molecule has 0 atom stereocenters. The first kappa shape index (κ1) is 14.3.